The van der Waals surface area contributed by atoms with Crippen LogP contribution in [0.15, 0.2) is 0 Å². The maximum atomic E-state index is 5.19. The second-order valence-corrected chi connectivity index (χ2v) is 4.73. The van der Waals surface area contributed by atoms with Crippen molar-refractivity contribution in [2.45, 2.75) is 51.6 Å². The lowest BCUT2D eigenvalue weighted by molar-refractivity contribution is 0.116. The van der Waals surface area contributed by atoms with Crippen LogP contribution >= 0.6 is 0 Å². The largest absolute Gasteiger partial charge is 0.383 e. The smallest absolute Gasteiger partial charge is 0.0589 e. The maximum Gasteiger partial charge on any atom is 0.0589 e. The van der Waals surface area contributed by atoms with Crippen LogP contribution in [0, 0.1) is 0 Å². The summed E-state index contributed by atoms with van der Waals surface area (Å²) in [4.78, 5) is 2.57. The van der Waals surface area contributed by atoms with E-state index in [2.05, 4.69) is 24.1 Å². The van der Waals surface area contributed by atoms with Gasteiger partial charge in [0.25, 0.3) is 0 Å². The molecule has 0 atom stereocenters. The lowest BCUT2D eigenvalue weighted by atomic mass is 10.1. The van der Waals surface area contributed by atoms with E-state index in [0.29, 0.717) is 0 Å². The molecule has 1 fully saturated rings. The van der Waals surface area contributed by atoms with Crippen LogP contribution in [0.2, 0.25) is 0 Å². The molecule has 0 heterocycles. The van der Waals surface area contributed by atoms with E-state index in [1.807, 2.05) is 0 Å². The van der Waals surface area contributed by atoms with Crippen molar-refractivity contribution in [3.63, 3.8) is 0 Å². The Morgan fingerprint density at radius 2 is 1.94 bits per heavy atom. The van der Waals surface area contributed by atoms with Crippen LogP contribution in [0.5, 0.6) is 0 Å². The van der Waals surface area contributed by atoms with Gasteiger partial charge in [0, 0.05) is 38.8 Å². The van der Waals surface area contributed by atoms with Crippen LogP contribution in [-0.2, 0) is 4.74 Å². The first-order valence-corrected chi connectivity index (χ1v) is 6.78. The summed E-state index contributed by atoms with van der Waals surface area (Å²) in [5, 5.41) is 3.58. The van der Waals surface area contributed by atoms with Crippen LogP contribution < -0.4 is 5.32 Å². The van der Waals surface area contributed by atoms with Crippen molar-refractivity contribution in [2.24, 2.45) is 0 Å². The topological polar surface area (TPSA) is 24.5 Å². The third-order valence-corrected chi connectivity index (χ3v) is 3.45. The highest BCUT2D eigenvalue weighted by molar-refractivity contribution is 4.81. The monoisotopic (exact) mass is 228 g/mol. The summed E-state index contributed by atoms with van der Waals surface area (Å²) in [5.41, 5.74) is 0. The highest BCUT2D eigenvalue weighted by Gasteiger charge is 2.21. The second-order valence-electron chi connectivity index (χ2n) is 4.73. The van der Waals surface area contributed by atoms with Gasteiger partial charge in [-0.2, -0.15) is 0 Å². The molecule has 16 heavy (non-hydrogen) atoms. The van der Waals surface area contributed by atoms with Gasteiger partial charge in [-0.05, 0) is 25.7 Å². The van der Waals surface area contributed by atoms with Gasteiger partial charge in [0.05, 0.1) is 6.61 Å². The average molecular weight is 228 g/mol. The Morgan fingerprint density at radius 3 is 2.44 bits per heavy atom. The fourth-order valence-electron chi connectivity index (χ4n) is 2.19. The summed E-state index contributed by atoms with van der Waals surface area (Å²) in [6, 6.07) is 1.54. The summed E-state index contributed by atoms with van der Waals surface area (Å²) in [6.45, 7) is 8.76. The Balaban J connectivity index is 2.22. The first kappa shape index (κ1) is 13.9. The van der Waals surface area contributed by atoms with Gasteiger partial charge < -0.3 is 10.1 Å². The van der Waals surface area contributed by atoms with Crippen LogP contribution in [0.25, 0.3) is 0 Å². The quantitative estimate of drug-likeness (QED) is 0.618. The Kier molecular flexibility index (Phi) is 7.01. The van der Waals surface area contributed by atoms with Crippen LogP contribution in [-0.4, -0.2) is 50.3 Å². The fourth-order valence-corrected chi connectivity index (χ4v) is 2.19. The highest BCUT2D eigenvalue weighted by atomic mass is 16.5. The molecule has 96 valence electrons. The molecule has 0 saturated heterocycles. The van der Waals surface area contributed by atoms with Crippen LogP contribution in [0.3, 0.4) is 0 Å². The number of nitrogens with one attached hydrogen (secondary N) is 1. The molecular formula is C13H28N2O. The van der Waals surface area contributed by atoms with Gasteiger partial charge in [-0.25, -0.2) is 0 Å². The zero-order valence-corrected chi connectivity index (χ0v) is 11.2. The van der Waals surface area contributed by atoms with E-state index in [1.54, 1.807) is 7.11 Å². The second kappa shape index (κ2) is 8.04. The normalized spacial score (nSPS) is 16.3. The van der Waals surface area contributed by atoms with Crippen molar-refractivity contribution >= 4 is 0 Å². The van der Waals surface area contributed by atoms with Gasteiger partial charge in [-0.3, -0.25) is 4.90 Å². The molecule has 3 nitrogen and oxygen atoms in total. The van der Waals surface area contributed by atoms with Crippen molar-refractivity contribution < 1.29 is 4.74 Å². The minimum atomic E-state index is 0.719. The maximum absolute atomic E-state index is 5.19. The molecule has 0 unspecified atom stereocenters. The van der Waals surface area contributed by atoms with Gasteiger partial charge in [-0.1, -0.05) is 13.8 Å². The molecule has 0 aromatic rings. The Hall–Kier alpha value is -0.120. The highest BCUT2D eigenvalue weighted by Crippen LogP contribution is 2.18. The standard InChI is InChI=1S/C13H28N2O/c1-4-13(5-2)15(10-11-16-3)9-8-14-12-6-7-12/h12-14H,4-11H2,1-3H3. The zero-order chi connectivity index (χ0) is 11.8. The first-order valence-electron chi connectivity index (χ1n) is 6.78. The molecule has 1 aliphatic carbocycles. The van der Waals surface area contributed by atoms with Crippen molar-refractivity contribution in [1.82, 2.24) is 10.2 Å². The predicted molar refractivity (Wildman–Crippen MR) is 68.8 cm³/mol. The molecule has 0 aromatic heterocycles. The summed E-state index contributed by atoms with van der Waals surface area (Å²) >= 11 is 0. The van der Waals surface area contributed by atoms with Crippen molar-refractivity contribution in [3.05, 3.63) is 0 Å². The van der Waals surface area contributed by atoms with E-state index in [0.717, 1.165) is 38.3 Å². The van der Waals surface area contributed by atoms with E-state index in [1.165, 1.54) is 25.7 Å². The minimum absolute atomic E-state index is 0.719. The molecule has 1 N–H and O–H groups in total. The fraction of sp³-hybridized carbons (Fsp3) is 1.00. The Bertz CT molecular complexity index is 167. The summed E-state index contributed by atoms with van der Waals surface area (Å²) in [7, 11) is 1.79. The third-order valence-electron chi connectivity index (χ3n) is 3.45. The SMILES string of the molecule is CCC(CC)N(CCNC1CC1)CCOC. The molecular weight excluding hydrogens is 200 g/mol. The molecule has 3 heteroatoms. The van der Waals surface area contributed by atoms with E-state index in [9.17, 15) is 0 Å². The lowest BCUT2D eigenvalue weighted by Crippen LogP contribution is -2.41. The molecule has 0 aromatic carbocycles. The molecule has 0 bridgehead atoms. The summed E-state index contributed by atoms with van der Waals surface area (Å²) in [5.74, 6) is 0. The number of nitrogens with zero attached hydrogens (tertiary/aromatic N) is 1. The molecule has 1 aliphatic rings. The van der Waals surface area contributed by atoms with Gasteiger partial charge in [0.15, 0.2) is 0 Å². The van der Waals surface area contributed by atoms with E-state index in [-0.39, 0.29) is 0 Å². The van der Waals surface area contributed by atoms with Crippen LogP contribution in [0.4, 0.5) is 0 Å². The average Bonchev–Trinajstić information content (AvgIpc) is 3.10. The molecule has 1 rings (SSSR count). The van der Waals surface area contributed by atoms with E-state index in [4.69, 9.17) is 4.74 Å². The van der Waals surface area contributed by atoms with Gasteiger partial charge in [0.2, 0.25) is 0 Å². The Morgan fingerprint density at radius 1 is 1.25 bits per heavy atom. The molecule has 0 amide bonds. The Labute approximate surface area is 101 Å². The molecule has 0 aliphatic heterocycles. The lowest BCUT2D eigenvalue weighted by Gasteiger charge is -2.30. The van der Waals surface area contributed by atoms with Crippen molar-refractivity contribution in [3.8, 4) is 0 Å². The third kappa shape index (κ3) is 5.28. The molecule has 0 radical (unpaired) electrons. The molecule has 1 saturated carbocycles. The van der Waals surface area contributed by atoms with Gasteiger partial charge in [0.1, 0.15) is 0 Å². The molecule has 0 spiro atoms. The van der Waals surface area contributed by atoms with Gasteiger partial charge in [-0.15, -0.1) is 0 Å². The van der Waals surface area contributed by atoms with Crippen molar-refractivity contribution in [1.29, 1.82) is 0 Å². The summed E-state index contributed by atoms with van der Waals surface area (Å²) in [6.07, 6.45) is 5.24. The summed E-state index contributed by atoms with van der Waals surface area (Å²) < 4.78 is 5.19. The number of ether oxygens (including phenoxy) is 1. The number of hydrogen-bond acceptors (Lipinski definition) is 3. The van der Waals surface area contributed by atoms with Gasteiger partial charge >= 0.3 is 0 Å². The minimum Gasteiger partial charge on any atom is -0.383 e. The van der Waals surface area contributed by atoms with Crippen molar-refractivity contribution in [2.75, 3.05) is 33.4 Å². The zero-order valence-electron chi connectivity index (χ0n) is 11.2. The van der Waals surface area contributed by atoms with E-state index >= 15 is 0 Å². The first-order chi connectivity index (χ1) is 7.81. The van der Waals surface area contributed by atoms with E-state index < -0.39 is 0 Å². The number of hydrogen-bond donors (Lipinski definition) is 1. The van der Waals surface area contributed by atoms with Crippen LogP contribution in [0.1, 0.15) is 39.5 Å². The number of methoxy groups -OCH3 is 1. The number of rotatable bonds is 10. The predicted octanol–water partition coefficient (Wildman–Crippen LogP) is 1.88.